The predicted molar refractivity (Wildman–Crippen MR) is 86.8 cm³/mol. The molecule has 2 aromatic rings. The lowest BCUT2D eigenvalue weighted by molar-refractivity contribution is 0.265. The van der Waals surface area contributed by atoms with E-state index < -0.39 is 0 Å². The smallest absolute Gasteiger partial charge is 0.222 e. The second-order valence-corrected chi connectivity index (χ2v) is 5.11. The Bertz CT molecular complexity index is 596. The van der Waals surface area contributed by atoms with Crippen LogP contribution >= 0.6 is 0 Å². The van der Waals surface area contributed by atoms with Crippen molar-refractivity contribution in [3.8, 4) is 5.75 Å². The molecule has 8 nitrogen and oxygen atoms in total. The van der Waals surface area contributed by atoms with E-state index in [1.54, 1.807) is 12.3 Å². The van der Waals surface area contributed by atoms with E-state index in [1.807, 2.05) is 6.07 Å². The molecule has 0 saturated heterocycles. The molecule has 0 unspecified atom stereocenters. The lowest BCUT2D eigenvalue weighted by Crippen LogP contribution is -2.25. The average Bonchev–Trinajstić information content (AvgIpc) is 2.58. The van der Waals surface area contributed by atoms with Crippen LogP contribution in [0.4, 0.5) is 11.8 Å². The number of hydrogen-bond donors (Lipinski definition) is 3. The van der Waals surface area contributed by atoms with E-state index in [0.29, 0.717) is 17.3 Å². The minimum Gasteiger partial charge on any atom is -0.482 e. The van der Waals surface area contributed by atoms with Crippen LogP contribution in [0.1, 0.15) is 31.9 Å². The summed E-state index contributed by atoms with van der Waals surface area (Å²) in [5.74, 6) is 1.07. The summed E-state index contributed by atoms with van der Waals surface area (Å²) in [7, 11) is 0. The zero-order valence-electron chi connectivity index (χ0n) is 13.1. The van der Waals surface area contributed by atoms with Gasteiger partial charge in [-0.1, -0.05) is 19.8 Å². The number of nitrogen functional groups attached to an aromatic ring is 1. The van der Waals surface area contributed by atoms with Gasteiger partial charge in [0, 0.05) is 6.20 Å². The number of rotatable bonds is 9. The molecule has 0 radical (unpaired) electrons. The second kappa shape index (κ2) is 8.84. The SMILES string of the molecule is CCCC[C@@H](CO)Nc1nc(N)ncc1OCc1cccnn1. The highest BCUT2D eigenvalue weighted by atomic mass is 16.5. The Kier molecular flexibility index (Phi) is 6.49. The van der Waals surface area contributed by atoms with Crippen LogP contribution in [-0.2, 0) is 6.61 Å². The normalized spacial score (nSPS) is 11.9. The average molecular weight is 318 g/mol. The van der Waals surface area contributed by atoms with E-state index in [2.05, 4.69) is 32.4 Å². The van der Waals surface area contributed by atoms with E-state index >= 15 is 0 Å². The van der Waals surface area contributed by atoms with Gasteiger partial charge in [0.25, 0.3) is 0 Å². The first kappa shape index (κ1) is 16.9. The van der Waals surface area contributed by atoms with Gasteiger partial charge in [-0.25, -0.2) is 4.98 Å². The number of ether oxygens (including phenoxy) is 1. The summed E-state index contributed by atoms with van der Waals surface area (Å²) < 4.78 is 5.70. The highest BCUT2D eigenvalue weighted by molar-refractivity contribution is 5.51. The number of aromatic nitrogens is 4. The van der Waals surface area contributed by atoms with Crippen molar-refractivity contribution in [3.63, 3.8) is 0 Å². The largest absolute Gasteiger partial charge is 0.482 e. The fourth-order valence-corrected chi connectivity index (χ4v) is 2.01. The Morgan fingerprint density at radius 3 is 3.00 bits per heavy atom. The first-order valence-corrected chi connectivity index (χ1v) is 7.62. The molecule has 1 atom stereocenters. The van der Waals surface area contributed by atoms with Crippen LogP contribution in [0.2, 0.25) is 0 Å². The maximum Gasteiger partial charge on any atom is 0.222 e. The van der Waals surface area contributed by atoms with Crippen molar-refractivity contribution >= 4 is 11.8 Å². The first-order chi connectivity index (χ1) is 11.2. The van der Waals surface area contributed by atoms with Crippen LogP contribution in [-0.4, -0.2) is 37.9 Å². The maximum atomic E-state index is 9.49. The molecule has 8 heteroatoms. The lowest BCUT2D eigenvalue weighted by atomic mass is 10.1. The zero-order valence-corrected chi connectivity index (χ0v) is 13.1. The van der Waals surface area contributed by atoms with Crippen molar-refractivity contribution in [2.75, 3.05) is 17.7 Å². The number of aliphatic hydroxyl groups excluding tert-OH is 1. The number of nitrogens with two attached hydrogens (primary N) is 1. The molecule has 2 rings (SSSR count). The molecule has 2 aromatic heterocycles. The summed E-state index contributed by atoms with van der Waals surface area (Å²) in [6.45, 7) is 2.36. The van der Waals surface area contributed by atoms with E-state index in [-0.39, 0.29) is 25.2 Å². The summed E-state index contributed by atoms with van der Waals surface area (Å²) in [5, 5.41) is 20.4. The molecule has 23 heavy (non-hydrogen) atoms. The molecule has 0 spiro atoms. The Hall–Kier alpha value is -2.48. The fraction of sp³-hybridized carbons (Fsp3) is 0.467. The quantitative estimate of drug-likeness (QED) is 0.634. The second-order valence-electron chi connectivity index (χ2n) is 5.11. The number of nitrogens with one attached hydrogen (secondary N) is 1. The molecule has 0 aliphatic rings. The molecule has 124 valence electrons. The van der Waals surface area contributed by atoms with Crippen LogP contribution in [0.15, 0.2) is 24.5 Å². The van der Waals surface area contributed by atoms with E-state index in [0.717, 1.165) is 19.3 Å². The van der Waals surface area contributed by atoms with Crippen LogP contribution in [0.25, 0.3) is 0 Å². The molecular formula is C15H22N6O2. The standard InChI is InChI=1S/C15H22N6O2/c1-2-3-5-11(9-22)19-14-13(8-17-15(16)20-14)23-10-12-6-4-7-18-21-12/h4,6-8,11,22H,2-3,5,9-10H2,1H3,(H3,16,17,19,20)/t11-/m0/s1. The predicted octanol–water partition coefficient (Wildman–Crippen LogP) is 1.39. The van der Waals surface area contributed by atoms with Gasteiger partial charge in [-0.3, -0.25) is 0 Å². The van der Waals surface area contributed by atoms with E-state index in [9.17, 15) is 5.11 Å². The number of unbranched alkanes of at least 4 members (excludes halogenated alkanes) is 1. The summed E-state index contributed by atoms with van der Waals surface area (Å²) >= 11 is 0. The Morgan fingerprint density at radius 1 is 1.43 bits per heavy atom. The van der Waals surface area contributed by atoms with Crippen LogP contribution in [0.3, 0.4) is 0 Å². The van der Waals surface area contributed by atoms with Gasteiger partial charge in [-0.05, 0) is 18.6 Å². The molecule has 0 aliphatic heterocycles. The van der Waals surface area contributed by atoms with Crippen LogP contribution in [0.5, 0.6) is 5.75 Å². The molecule has 0 aromatic carbocycles. The summed E-state index contributed by atoms with van der Waals surface area (Å²) in [6.07, 6.45) is 6.01. The van der Waals surface area contributed by atoms with Gasteiger partial charge in [0.15, 0.2) is 11.6 Å². The highest BCUT2D eigenvalue weighted by Gasteiger charge is 2.13. The third-order valence-corrected chi connectivity index (χ3v) is 3.24. The molecular weight excluding hydrogens is 296 g/mol. The Morgan fingerprint density at radius 2 is 2.30 bits per heavy atom. The van der Waals surface area contributed by atoms with Crippen molar-refractivity contribution in [2.24, 2.45) is 0 Å². The zero-order chi connectivity index (χ0) is 16.5. The minimum absolute atomic E-state index is 0.00745. The summed E-state index contributed by atoms with van der Waals surface area (Å²) in [6, 6.07) is 3.50. The van der Waals surface area contributed by atoms with Gasteiger partial charge in [-0.2, -0.15) is 15.2 Å². The number of nitrogens with zero attached hydrogens (tertiary/aromatic N) is 4. The molecule has 0 fully saturated rings. The van der Waals surface area contributed by atoms with Gasteiger partial charge < -0.3 is 20.9 Å². The van der Waals surface area contributed by atoms with Gasteiger partial charge in [0.2, 0.25) is 5.95 Å². The highest BCUT2D eigenvalue weighted by Crippen LogP contribution is 2.24. The summed E-state index contributed by atoms with van der Waals surface area (Å²) in [4.78, 5) is 8.12. The number of aliphatic hydroxyl groups is 1. The van der Waals surface area contributed by atoms with E-state index in [1.165, 1.54) is 6.20 Å². The van der Waals surface area contributed by atoms with Gasteiger partial charge >= 0.3 is 0 Å². The lowest BCUT2D eigenvalue weighted by Gasteiger charge is -2.18. The Balaban J connectivity index is 2.07. The van der Waals surface area contributed by atoms with Gasteiger partial charge in [0.1, 0.15) is 12.3 Å². The van der Waals surface area contributed by atoms with Crippen molar-refractivity contribution in [1.82, 2.24) is 20.2 Å². The third-order valence-electron chi connectivity index (χ3n) is 3.24. The van der Waals surface area contributed by atoms with Crippen molar-refractivity contribution in [3.05, 3.63) is 30.2 Å². The molecule has 4 N–H and O–H groups in total. The topological polar surface area (TPSA) is 119 Å². The third kappa shape index (κ3) is 5.33. The minimum atomic E-state index is -0.108. The maximum absolute atomic E-state index is 9.49. The molecule has 2 heterocycles. The molecule has 0 aliphatic carbocycles. The van der Waals surface area contributed by atoms with Gasteiger partial charge in [0.05, 0.1) is 18.8 Å². The first-order valence-electron chi connectivity index (χ1n) is 7.62. The van der Waals surface area contributed by atoms with Crippen LogP contribution in [0, 0.1) is 0 Å². The molecule has 0 amide bonds. The van der Waals surface area contributed by atoms with Crippen molar-refractivity contribution in [2.45, 2.75) is 38.8 Å². The molecule has 0 bridgehead atoms. The number of hydrogen-bond acceptors (Lipinski definition) is 8. The van der Waals surface area contributed by atoms with Crippen molar-refractivity contribution < 1.29 is 9.84 Å². The Labute approximate surface area is 135 Å². The number of anilines is 2. The van der Waals surface area contributed by atoms with E-state index in [4.69, 9.17) is 10.5 Å². The summed E-state index contributed by atoms with van der Waals surface area (Å²) in [5.41, 5.74) is 6.34. The molecule has 0 saturated carbocycles. The van der Waals surface area contributed by atoms with Gasteiger partial charge in [-0.15, -0.1) is 0 Å². The fourth-order valence-electron chi connectivity index (χ4n) is 2.01. The van der Waals surface area contributed by atoms with Crippen molar-refractivity contribution in [1.29, 1.82) is 0 Å². The van der Waals surface area contributed by atoms with Crippen LogP contribution < -0.4 is 15.8 Å². The monoisotopic (exact) mass is 318 g/mol.